The molecule has 2 fully saturated rings. The van der Waals surface area contributed by atoms with E-state index in [9.17, 15) is 0 Å². The first-order valence-electron chi connectivity index (χ1n) is 11.2. The van der Waals surface area contributed by atoms with Crippen molar-refractivity contribution in [1.29, 1.82) is 0 Å². The third-order valence-electron chi connectivity index (χ3n) is 6.19. The summed E-state index contributed by atoms with van der Waals surface area (Å²) in [5.41, 5.74) is 1.39. The van der Waals surface area contributed by atoms with Gasteiger partial charge in [-0.2, -0.15) is 0 Å². The molecule has 29 heavy (non-hydrogen) atoms. The second kappa shape index (κ2) is 10.3. The van der Waals surface area contributed by atoms with Crippen LogP contribution in [0.25, 0.3) is 0 Å². The summed E-state index contributed by atoms with van der Waals surface area (Å²) in [6.07, 6.45) is 6.01. The van der Waals surface area contributed by atoms with E-state index in [-0.39, 0.29) is 6.10 Å². The molecule has 3 heterocycles. The van der Waals surface area contributed by atoms with E-state index in [4.69, 9.17) is 4.74 Å². The predicted molar refractivity (Wildman–Crippen MR) is 112 cm³/mol. The number of tetrazole rings is 1. The van der Waals surface area contributed by atoms with Crippen LogP contribution in [0.1, 0.15) is 56.5 Å². The molecule has 0 saturated carbocycles. The second-order valence-electron chi connectivity index (χ2n) is 8.31. The zero-order valence-corrected chi connectivity index (χ0v) is 17.6. The van der Waals surface area contributed by atoms with E-state index in [2.05, 4.69) is 62.6 Å². The first-order chi connectivity index (χ1) is 14.3. The molecule has 0 N–H and O–H groups in total. The fraction of sp³-hybridized carbons (Fsp3) is 0.682. The van der Waals surface area contributed by atoms with Gasteiger partial charge in [-0.3, -0.25) is 9.80 Å². The highest BCUT2D eigenvalue weighted by molar-refractivity contribution is 5.14. The largest absolute Gasteiger partial charge is 0.376 e. The highest BCUT2D eigenvalue weighted by Gasteiger charge is 2.30. The quantitative estimate of drug-likeness (QED) is 0.647. The Balaban J connectivity index is 1.39. The van der Waals surface area contributed by atoms with E-state index in [1.54, 1.807) is 0 Å². The van der Waals surface area contributed by atoms with Gasteiger partial charge in [-0.1, -0.05) is 50.1 Å². The van der Waals surface area contributed by atoms with Crippen LogP contribution in [-0.4, -0.2) is 68.9 Å². The lowest BCUT2D eigenvalue weighted by Gasteiger charge is -2.39. The Morgan fingerprint density at radius 1 is 1.14 bits per heavy atom. The molecule has 0 bridgehead atoms. The molecule has 2 saturated heterocycles. The summed E-state index contributed by atoms with van der Waals surface area (Å²) in [6.45, 7) is 9.23. The van der Waals surface area contributed by atoms with Gasteiger partial charge in [0.15, 0.2) is 5.82 Å². The molecule has 7 nitrogen and oxygen atoms in total. The maximum atomic E-state index is 5.82. The molecule has 0 unspecified atom stereocenters. The number of hydrogen-bond donors (Lipinski definition) is 0. The Bertz CT molecular complexity index is 722. The third-order valence-corrected chi connectivity index (χ3v) is 6.19. The van der Waals surface area contributed by atoms with Crippen LogP contribution in [0.15, 0.2) is 30.3 Å². The molecule has 4 rings (SSSR count). The van der Waals surface area contributed by atoms with E-state index >= 15 is 0 Å². The van der Waals surface area contributed by atoms with E-state index in [1.165, 1.54) is 18.4 Å². The number of benzene rings is 1. The van der Waals surface area contributed by atoms with Crippen molar-refractivity contribution < 1.29 is 4.74 Å². The Morgan fingerprint density at radius 3 is 2.69 bits per heavy atom. The molecule has 0 radical (unpaired) electrons. The molecular weight excluding hydrogens is 364 g/mol. The minimum Gasteiger partial charge on any atom is -0.376 e. The highest BCUT2D eigenvalue weighted by atomic mass is 16.5. The Hall–Kier alpha value is -1.83. The second-order valence-corrected chi connectivity index (χ2v) is 8.31. The number of hydrogen-bond acceptors (Lipinski definition) is 6. The van der Waals surface area contributed by atoms with Crippen LogP contribution in [0.5, 0.6) is 0 Å². The van der Waals surface area contributed by atoms with Crippen molar-refractivity contribution >= 4 is 0 Å². The molecule has 2 aliphatic rings. The van der Waals surface area contributed by atoms with Crippen molar-refractivity contribution in [3.05, 3.63) is 41.7 Å². The fourth-order valence-electron chi connectivity index (χ4n) is 4.51. The topological polar surface area (TPSA) is 59.3 Å². The molecule has 0 amide bonds. The van der Waals surface area contributed by atoms with Gasteiger partial charge < -0.3 is 4.74 Å². The molecule has 158 valence electrons. The Morgan fingerprint density at radius 2 is 1.97 bits per heavy atom. The summed E-state index contributed by atoms with van der Waals surface area (Å²) in [5.74, 6) is 1.02. The summed E-state index contributed by atoms with van der Waals surface area (Å²) < 4.78 is 7.83. The highest BCUT2D eigenvalue weighted by Crippen LogP contribution is 2.27. The van der Waals surface area contributed by atoms with Crippen molar-refractivity contribution in [2.75, 3.05) is 32.8 Å². The number of nitrogens with zero attached hydrogens (tertiary/aromatic N) is 6. The van der Waals surface area contributed by atoms with Crippen molar-refractivity contribution in [1.82, 2.24) is 30.0 Å². The van der Waals surface area contributed by atoms with Gasteiger partial charge in [0.25, 0.3) is 0 Å². The third kappa shape index (κ3) is 5.41. The number of unbranched alkanes of at least 4 members (excludes halogenated alkanes) is 1. The molecule has 0 spiro atoms. The normalized spacial score (nSPS) is 22.2. The van der Waals surface area contributed by atoms with Crippen LogP contribution in [0.3, 0.4) is 0 Å². The molecule has 2 aliphatic heterocycles. The first kappa shape index (κ1) is 20.4. The van der Waals surface area contributed by atoms with Gasteiger partial charge in [-0.05, 0) is 35.3 Å². The maximum absolute atomic E-state index is 5.82. The SMILES string of the molecule is CCCC[C@H](c1nnnn1C[C@H]1CCCO1)N1CCN(Cc2ccccc2)CC1. The molecular formula is C22H34N6O. The van der Waals surface area contributed by atoms with E-state index < -0.39 is 0 Å². The van der Waals surface area contributed by atoms with Crippen LogP contribution in [0.4, 0.5) is 0 Å². The Kier molecular flexibility index (Phi) is 7.24. The lowest BCUT2D eigenvalue weighted by molar-refractivity contribution is 0.0730. The fourth-order valence-corrected chi connectivity index (χ4v) is 4.51. The van der Waals surface area contributed by atoms with E-state index in [0.29, 0.717) is 6.04 Å². The summed E-state index contributed by atoms with van der Waals surface area (Å²) in [6, 6.07) is 11.1. The van der Waals surface area contributed by atoms with Crippen molar-refractivity contribution in [2.45, 2.75) is 64.3 Å². The zero-order valence-electron chi connectivity index (χ0n) is 17.6. The van der Waals surface area contributed by atoms with Crippen molar-refractivity contribution in [2.24, 2.45) is 0 Å². The number of rotatable bonds is 9. The van der Waals surface area contributed by atoms with Gasteiger partial charge in [-0.15, -0.1) is 5.10 Å². The van der Waals surface area contributed by atoms with Gasteiger partial charge in [0, 0.05) is 39.3 Å². The molecule has 2 aromatic rings. The van der Waals surface area contributed by atoms with Gasteiger partial charge in [-0.25, -0.2) is 4.68 Å². The summed E-state index contributed by atoms with van der Waals surface area (Å²) in [4.78, 5) is 5.15. The van der Waals surface area contributed by atoms with Crippen LogP contribution < -0.4 is 0 Å². The van der Waals surface area contributed by atoms with Crippen LogP contribution >= 0.6 is 0 Å². The summed E-state index contributed by atoms with van der Waals surface area (Å²) in [7, 11) is 0. The van der Waals surface area contributed by atoms with Crippen LogP contribution in [0, 0.1) is 0 Å². The summed E-state index contributed by atoms with van der Waals surface area (Å²) in [5, 5.41) is 12.8. The average Bonchev–Trinajstić information content (AvgIpc) is 3.43. The van der Waals surface area contributed by atoms with Gasteiger partial charge in [0.05, 0.1) is 18.7 Å². The minimum absolute atomic E-state index is 0.256. The average molecular weight is 399 g/mol. The summed E-state index contributed by atoms with van der Waals surface area (Å²) >= 11 is 0. The minimum atomic E-state index is 0.256. The molecule has 0 aliphatic carbocycles. The van der Waals surface area contributed by atoms with Crippen LogP contribution in [0.2, 0.25) is 0 Å². The first-order valence-corrected chi connectivity index (χ1v) is 11.2. The van der Waals surface area contributed by atoms with E-state index in [1.807, 2.05) is 4.68 Å². The predicted octanol–water partition coefficient (Wildman–Crippen LogP) is 2.90. The maximum Gasteiger partial charge on any atom is 0.168 e. The van der Waals surface area contributed by atoms with Crippen molar-refractivity contribution in [3.8, 4) is 0 Å². The number of ether oxygens (including phenoxy) is 1. The number of aromatic nitrogens is 4. The van der Waals surface area contributed by atoms with Crippen molar-refractivity contribution in [3.63, 3.8) is 0 Å². The van der Waals surface area contributed by atoms with Gasteiger partial charge in [0.2, 0.25) is 0 Å². The molecule has 1 aromatic heterocycles. The molecule has 7 heteroatoms. The smallest absolute Gasteiger partial charge is 0.168 e. The van der Waals surface area contributed by atoms with Gasteiger partial charge >= 0.3 is 0 Å². The Labute approximate surface area is 174 Å². The van der Waals surface area contributed by atoms with E-state index in [0.717, 1.165) is 71.0 Å². The zero-order chi connectivity index (χ0) is 19.9. The lowest BCUT2D eigenvalue weighted by Crippen LogP contribution is -2.47. The molecule has 2 atom stereocenters. The standard InChI is InChI=1S/C22H34N6O/c1-2-3-11-21(22-23-24-25-28(22)18-20-10-7-16-29-20)27-14-12-26(13-15-27)17-19-8-5-4-6-9-19/h4-6,8-9,20-21H,2-3,7,10-18H2,1H3/t20-,21-/m1/s1. The van der Waals surface area contributed by atoms with Crippen LogP contribution in [-0.2, 0) is 17.8 Å². The monoisotopic (exact) mass is 398 g/mol. The lowest BCUT2D eigenvalue weighted by atomic mass is 10.1. The molecule has 1 aromatic carbocycles. The van der Waals surface area contributed by atoms with Gasteiger partial charge in [0.1, 0.15) is 0 Å². The number of piperazine rings is 1.